The Hall–Kier alpha value is -2.42. The lowest BCUT2D eigenvalue weighted by atomic mass is 9.94. The van der Waals surface area contributed by atoms with Gasteiger partial charge in [0.25, 0.3) is 11.8 Å². The van der Waals surface area contributed by atoms with Gasteiger partial charge in [-0.25, -0.2) is 0 Å². The number of hydrogen-bond donors (Lipinski definition) is 0. The van der Waals surface area contributed by atoms with Gasteiger partial charge in [0, 0.05) is 0 Å². The highest BCUT2D eigenvalue weighted by atomic mass is 16.2. The fourth-order valence-corrected chi connectivity index (χ4v) is 3.54. The van der Waals surface area contributed by atoms with Crippen LogP contribution in [0.1, 0.15) is 55.9 Å². The molecule has 0 saturated heterocycles. The lowest BCUT2D eigenvalue weighted by Gasteiger charge is -2.26. The zero-order chi connectivity index (χ0) is 16.0. The predicted octanol–water partition coefficient (Wildman–Crippen LogP) is 3.97. The van der Waals surface area contributed by atoms with E-state index < -0.39 is 0 Å². The van der Waals surface area contributed by atoms with E-state index in [4.69, 9.17) is 0 Å². The Morgan fingerprint density at radius 2 is 1.32 bits per heavy atom. The SMILES string of the molecule is Cc1cc(C)c(C(C)N2C(=O)c3ccccc3C2=O)c(C)c1. The first-order valence-corrected chi connectivity index (χ1v) is 7.46. The standard InChI is InChI=1S/C19H19NO2/c1-11-9-12(2)17(13(3)10-11)14(4)20-18(21)15-7-5-6-8-16(15)19(20)22/h5-10,14H,1-4H3. The van der Waals surface area contributed by atoms with E-state index in [0.29, 0.717) is 11.1 Å². The highest BCUT2D eigenvalue weighted by molar-refractivity contribution is 6.21. The summed E-state index contributed by atoms with van der Waals surface area (Å²) < 4.78 is 0. The third-order valence-corrected chi connectivity index (χ3v) is 4.37. The summed E-state index contributed by atoms with van der Waals surface area (Å²) in [5, 5.41) is 0. The number of benzene rings is 2. The van der Waals surface area contributed by atoms with Crippen LogP contribution in [-0.2, 0) is 0 Å². The summed E-state index contributed by atoms with van der Waals surface area (Å²) in [5.41, 5.74) is 5.47. The number of nitrogens with zero attached hydrogens (tertiary/aromatic N) is 1. The van der Waals surface area contributed by atoms with Gasteiger partial charge in [-0.2, -0.15) is 0 Å². The quantitative estimate of drug-likeness (QED) is 0.786. The monoisotopic (exact) mass is 293 g/mol. The molecule has 1 atom stereocenters. The average molecular weight is 293 g/mol. The molecule has 0 saturated carbocycles. The van der Waals surface area contributed by atoms with Crippen molar-refractivity contribution in [2.24, 2.45) is 0 Å². The van der Waals surface area contributed by atoms with E-state index in [1.165, 1.54) is 10.5 Å². The molecule has 0 spiro atoms. The summed E-state index contributed by atoms with van der Waals surface area (Å²) >= 11 is 0. The van der Waals surface area contributed by atoms with Gasteiger partial charge in [-0.1, -0.05) is 29.8 Å². The molecule has 0 aromatic heterocycles. The number of aryl methyl sites for hydroxylation is 3. The van der Waals surface area contributed by atoms with Gasteiger partial charge >= 0.3 is 0 Å². The molecule has 0 aliphatic carbocycles. The molecule has 0 radical (unpaired) electrons. The Kier molecular flexibility index (Phi) is 3.36. The number of amides is 2. The van der Waals surface area contributed by atoms with Gasteiger partial charge in [-0.05, 0) is 56.5 Å². The maximum Gasteiger partial charge on any atom is 0.262 e. The topological polar surface area (TPSA) is 37.4 Å². The average Bonchev–Trinajstić information content (AvgIpc) is 2.70. The summed E-state index contributed by atoms with van der Waals surface area (Å²) in [5.74, 6) is -0.403. The fraction of sp³-hybridized carbons (Fsp3) is 0.263. The van der Waals surface area contributed by atoms with Crippen molar-refractivity contribution in [3.8, 4) is 0 Å². The molecule has 2 aromatic carbocycles. The maximum absolute atomic E-state index is 12.6. The summed E-state index contributed by atoms with van der Waals surface area (Å²) in [6.07, 6.45) is 0. The van der Waals surface area contributed by atoms with Crippen molar-refractivity contribution in [3.05, 3.63) is 69.8 Å². The van der Waals surface area contributed by atoms with Gasteiger partial charge in [-0.15, -0.1) is 0 Å². The van der Waals surface area contributed by atoms with E-state index in [1.807, 2.05) is 20.8 Å². The van der Waals surface area contributed by atoms with Crippen LogP contribution in [0.5, 0.6) is 0 Å². The molecule has 22 heavy (non-hydrogen) atoms. The minimum Gasteiger partial charge on any atom is -0.269 e. The number of rotatable bonds is 2. The third-order valence-electron chi connectivity index (χ3n) is 4.37. The summed E-state index contributed by atoms with van der Waals surface area (Å²) in [7, 11) is 0. The van der Waals surface area contributed by atoms with E-state index in [0.717, 1.165) is 16.7 Å². The van der Waals surface area contributed by atoms with Gasteiger partial charge in [0.05, 0.1) is 17.2 Å². The summed E-state index contributed by atoms with van der Waals surface area (Å²) in [6, 6.07) is 10.9. The highest BCUT2D eigenvalue weighted by Crippen LogP contribution is 2.34. The number of carbonyl (C=O) groups excluding carboxylic acids is 2. The normalized spacial score (nSPS) is 15.2. The smallest absolute Gasteiger partial charge is 0.262 e. The first kappa shape index (κ1) is 14.5. The zero-order valence-corrected chi connectivity index (χ0v) is 13.3. The van der Waals surface area contributed by atoms with Crippen LogP contribution in [0, 0.1) is 20.8 Å². The van der Waals surface area contributed by atoms with E-state index in [2.05, 4.69) is 19.1 Å². The number of imide groups is 1. The second-order valence-corrected chi connectivity index (χ2v) is 6.01. The van der Waals surface area contributed by atoms with Crippen LogP contribution >= 0.6 is 0 Å². The van der Waals surface area contributed by atoms with E-state index in [1.54, 1.807) is 24.3 Å². The lowest BCUT2D eigenvalue weighted by Crippen LogP contribution is -2.33. The van der Waals surface area contributed by atoms with Crippen LogP contribution in [0.2, 0.25) is 0 Å². The molecule has 3 nitrogen and oxygen atoms in total. The van der Waals surface area contributed by atoms with Gasteiger partial charge in [-0.3, -0.25) is 14.5 Å². The molecule has 0 bridgehead atoms. The third kappa shape index (κ3) is 2.05. The number of hydrogen-bond acceptors (Lipinski definition) is 2. The van der Waals surface area contributed by atoms with Crippen molar-refractivity contribution < 1.29 is 9.59 Å². The first-order valence-electron chi connectivity index (χ1n) is 7.46. The van der Waals surface area contributed by atoms with E-state index >= 15 is 0 Å². The molecule has 1 aliphatic rings. The highest BCUT2D eigenvalue weighted by Gasteiger charge is 2.39. The Morgan fingerprint density at radius 1 is 0.864 bits per heavy atom. The number of fused-ring (bicyclic) bond motifs is 1. The Morgan fingerprint density at radius 3 is 1.77 bits per heavy atom. The van der Waals surface area contributed by atoms with E-state index in [-0.39, 0.29) is 17.9 Å². The first-order chi connectivity index (χ1) is 10.4. The van der Waals surface area contributed by atoms with E-state index in [9.17, 15) is 9.59 Å². The Bertz CT molecular complexity index is 734. The molecule has 0 N–H and O–H groups in total. The second-order valence-electron chi connectivity index (χ2n) is 6.01. The minimum atomic E-state index is -0.270. The molecule has 3 heteroatoms. The fourth-order valence-electron chi connectivity index (χ4n) is 3.54. The van der Waals surface area contributed by atoms with Gasteiger partial charge in [0.1, 0.15) is 0 Å². The van der Waals surface area contributed by atoms with Crippen LogP contribution < -0.4 is 0 Å². The van der Waals surface area contributed by atoms with Crippen molar-refractivity contribution in [2.75, 3.05) is 0 Å². The van der Waals surface area contributed by atoms with Gasteiger partial charge in [0.2, 0.25) is 0 Å². The maximum atomic E-state index is 12.6. The largest absolute Gasteiger partial charge is 0.269 e. The van der Waals surface area contributed by atoms with Crippen molar-refractivity contribution in [1.29, 1.82) is 0 Å². The van der Waals surface area contributed by atoms with Crippen LogP contribution in [0.15, 0.2) is 36.4 Å². The van der Waals surface area contributed by atoms with Crippen molar-refractivity contribution in [2.45, 2.75) is 33.7 Å². The Labute approximate surface area is 130 Å². The molecule has 1 unspecified atom stereocenters. The molecular weight excluding hydrogens is 274 g/mol. The van der Waals surface area contributed by atoms with Crippen LogP contribution in [0.4, 0.5) is 0 Å². The molecule has 2 aromatic rings. The summed E-state index contributed by atoms with van der Waals surface area (Å²) in [6.45, 7) is 8.04. The molecule has 1 heterocycles. The van der Waals surface area contributed by atoms with Crippen LogP contribution in [0.3, 0.4) is 0 Å². The van der Waals surface area contributed by atoms with Crippen molar-refractivity contribution in [1.82, 2.24) is 4.90 Å². The van der Waals surface area contributed by atoms with Gasteiger partial charge in [0.15, 0.2) is 0 Å². The minimum absolute atomic E-state index is 0.201. The van der Waals surface area contributed by atoms with Crippen LogP contribution in [0.25, 0.3) is 0 Å². The Balaban J connectivity index is 2.07. The predicted molar refractivity (Wildman–Crippen MR) is 86.0 cm³/mol. The van der Waals surface area contributed by atoms with Crippen molar-refractivity contribution in [3.63, 3.8) is 0 Å². The summed E-state index contributed by atoms with van der Waals surface area (Å²) in [4.78, 5) is 26.6. The molecule has 112 valence electrons. The van der Waals surface area contributed by atoms with Gasteiger partial charge < -0.3 is 0 Å². The molecule has 0 fully saturated rings. The number of carbonyl (C=O) groups is 2. The molecule has 1 aliphatic heterocycles. The molecule has 2 amide bonds. The lowest BCUT2D eigenvalue weighted by molar-refractivity contribution is 0.0594. The zero-order valence-electron chi connectivity index (χ0n) is 13.3. The molecular formula is C19H19NO2. The molecule has 3 rings (SSSR count). The van der Waals surface area contributed by atoms with Crippen molar-refractivity contribution >= 4 is 11.8 Å². The second kappa shape index (κ2) is 5.09. The van der Waals surface area contributed by atoms with Crippen LogP contribution in [-0.4, -0.2) is 16.7 Å².